The molecule has 1 atom stereocenters. The van der Waals surface area contributed by atoms with Crippen molar-refractivity contribution in [3.63, 3.8) is 0 Å². The number of carbonyl (C=O) groups excluding carboxylic acids is 3. The summed E-state index contributed by atoms with van der Waals surface area (Å²) in [7, 11) is 0. The highest BCUT2D eigenvalue weighted by Gasteiger charge is 2.20. The van der Waals surface area contributed by atoms with E-state index in [1.54, 1.807) is 48.5 Å². The quantitative estimate of drug-likeness (QED) is 0.0935. The summed E-state index contributed by atoms with van der Waals surface area (Å²) in [5.74, 6) is -2.02. The third-order valence-corrected chi connectivity index (χ3v) is 8.36. The number of H-pyrrole nitrogens is 1. The third kappa shape index (κ3) is 7.55. The first-order chi connectivity index (χ1) is 21.3. The van der Waals surface area contributed by atoms with Gasteiger partial charge in [-0.2, -0.15) is 0 Å². The first-order valence-corrected chi connectivity index (χ1v) is 15.0. The lowest BCUT2D eigenvalue weighted by molar-refractivity contribution is -0.116. The van der Waals surface area contributed by atoms with Crippen molar-refractivity contribution in [2.24, 2.45) is 0 Å². The number of benzene rings is 4. The average molecular weight is 627 g/mol. The Kier molecular flexibility index (Phi) is 9.79. The van der Waals surface area contributed by atoms with Gasteiger partial charge in [-0.1, -0.05) is 54.9 Å². The molecule has 5 rings (SSSR count). The molecule has 0 bridgehead atoms. The van der Waals surface area contributed by atoms with Crippen LogP contribution >= 0.6 is 23.4 Å². The van der Waals surface area contributed by atoms with Gasteiger partial charge in [0.05, 0.1) is 10.3 Å². The van der Waals surface area contributed by atoms with Gasteiger partial charge in [0, 0.05) is 39.1 Å². The number of carbonyl (C=O) groups is 3. The molecule has 5 aromatic rings. The van der Waals surface area contributed by atoms with Crippen LogP contribution in [0, 0.1) is 5.82 Å². The maximum atomic E-state index is 14.6. The molecule has 0 spiro atoms. The van der Waals surface area contributed by atoms with Crippen molar-refractivity contribution in [3.05, 3.63) is 131 Å². The third-order valence-electron chi connectivity index (χ3n) is 6.67. The van der Waals surface area contributed by atoms with Crippen molar-refractivity contribution in [2.45, 2.75) is 23.5 Å². The zero-order valence-corrected chi connectivity index (χ0v) is 25.1. The van der Waals surface area contributed by atoms with Crippen LogP contribution in [0.15, 0.2) is 114 Å². The molecule has 0 aliphatic rings. The van der Waals surface area contributed by atoms with Gasteiger partial charge < -0.3 is 20.9 Å². The second kappa shape index (κ2) is 14.1. The van der Waals surface area contributed by atoms with E-state index in [1.165, 1.54) is 36.0 Å². The highest BCUT2D eigenvalue weighted by Crippen LogP contribution is 2.29. The monoisotopic (exact) mass is 626 g/mol. The van der Waals surface area contributed by atoms with E-state index in [1.807, 2.05) is 43.5 Å². The fraction of sp³-hybridized carbons (Fsp3) is 0.0882. The molecule has 0 radical (unpaired) electrons. The van der Waals surface area contributed by atoms with Crippen LogP contribution in [0.4, 0.5) is 15.8 Å². The number of hydrogen-bond acceptors (Lipinski definition) is 4. The normalized spacial score (nSPS) is 12.0. The van der Waals surface area contributed by atoms with Gasteiger partial charge in [0.2, 0.25) is 5.91 Å². The lowest BCUT2D eigenvalue weighted by Gasteiger charge is -2.16. The summed E-state index contributed by atoms with van der Waals surface area (Å²) < 4.78 is 14.6. The van der Waals surface area contributed by atoms with Crippen LogP contribution in [0.5, 0.6) is 0 Å². The fourth-order valence-corrected chi connectivity index (χ4v) is 5.65. The summed E-state index contributed by atoms with van der Waals surface area (Å²) in [6, 6.07) is 27.1. The Morgan fingerprint density at radius 1 is 0.909 bits per heavy atom. The second-order valence-corrected chi connectivity index (χ2v) is 11.5. The number of amides is 3. The predicted molar refractivity (Wildman–Crippen MR) is 175 cm³/mol. The number of thioether (sulfide) groups is 1. The van der Waals surface area contributed by atoms with Crippen LogP contribution in [0.25, 0.3) is 17.0 Å². The summed E-state index contributed by atoms with van der Waals surface area (Å²) >= 11 is 7.57. The molecule has 10 heteroatoms. The van der Waals surface area contributed by atoms with Gasteiger partial charge in [-0.25, -0.2) is 4.39 Å². The van der Waals surface area contributed by atoms with Crippen molar-refractivity contribution < 1.29 is 18.8 Å². The molecule has 222 valence electrons. The Labute approximate surface area is 262 Å². The van der Waals surface area contributed by atoms with Gasteiger partial charge in [0.15, 0.2) is 0 Å². The zero-order chi connectivity index (χ0) is 31.1. The Balaban J connectivity index is 1.32. The number of fused-ring (bicyclic) bond motifs is 1. The van der Waals surface area contributed by atoms with E-state index in [0.717, 1.165) is 15.8 Å². The molecule has 0 saturated heterocycles. The lowest BCUT2D eigenvalue weighted by Crippen LogP contribution is -2.30. The van der Waals surface area contributed by atoms with Crippen molar-refractivity contribution in [2.75, 3.05) is 10.6 Å². The van der Waals surface area contributed by atoms with Gasteiger partial charge >= 0.3 is 0 Å². The summed E-state index contributed by atoms with van der Waals surface area (Å²) in [5.41, 5.74) is 2.13. The number of aromatic nitrogens is 1. The van der Waals surface area contributed by atoms with Gasteiger partial charge in [0.25, 0.3) is 11.8 Å². The van der Waals surface area contributed by atoms with Gasteiger partial charge in [-0.3, -0.25) is 14.4 Å². The molecule has 44 heavy (non-hydrogen) atoms. The summed E-state index contributed by atoms with van der Waals surface area (Å²) in [5, 5.41) is 9.07. The molecular formula is C34H28ClFN4O3S. The van der Waals surface area contributed by atoms with Crippen LogP contribution in [0.3, 0.4) is 0 Å². The first-order valence-electron chi connectivity index (χ1n) is 13.8. The zero-order valence-electron chi connectivity index (χ0n) is 23.6. The molecule has 3 amide bonds. The topological polar surface area (TPSA) is 103 Å². The standard InChI is InChI=1S/C34H28ClFN4O3S/c1-2-31(34(43)39-24-15-14-21-16-17-37-29(21)19-24)44-25-11-6-10-23(18-25)38-33(42)30(20-26-27(35)12-7-13-28(26)36)40-32(41)22-8-4-3-5-9-22/h3-20,31,37H,2H2,1H3,(H,38,42)(H,39,43)(H,40,41)/b30-20+. The molecule has 0 fully saturated rings. The predicted octanol–water partition coefficient (Wildman–Crippen LogP) is 7.88. The van der Waals surface area contributed by atoms with Crippen molar-refractivity contribution >= 4 is 69.4 Å². The smallest absolute Gasteiger partial charge is 0.272 e. The Bertz CT molecular complexity index is 1840. The number of anilines is 2. The van der Waals surface area contributed by atoms with E-state index in [0.29, 0.717) is 23.4 Å². The number of aromatic amines is 1. The number of hydrogen-bond donors (Lipinski definition) is 4. The fourth-order valence-electron chi connectivity index (χ4n) is 4.42. The van der Waals surface area contributed by atoms with E-state index in [4.69, 9.17) is 11.6 Å². The maximum Gasteiger partial charge on any atom is 0.272 e. The molecular weight excluding hydrogens is 599 g/mol. The highest BCUT2D eigenvalue weighted by molar-refractivity contribution is 8.00. The Morgan fingerprint density at radius 2 is 1.68 bits per heavy atom. The Hall–Kier alpha value is -4.86. The van der Waals surface area contributed by atoms with Crippen LogP contribution in [0.1, 0.15) is 29.3 Å². The van der Waals surface area contributed by atoms with E-state index in [9.17, 15) is 18.8 Å². The van der Waals surface area contributed by atoms with Crippen molar-refractivity contribution in [1.29, 1.82) is 0 Å². The SMILES string of the molecule is CCC(Sc1cccc(NC(=O)/C(=C\c2c(F)cccc2Cl)NC(=O)c2ccccc2)c1)C(=O)Nc1ccc2cc[nH]c2c1. The largest absolute Gasteiger partial charge is 0.361 e. The van der Waals surface area contributed by atoms with E-state index < -0.39 is 22.9 Å². The van der Waals surface area contributed by atoms with Crippen LogP contribution in [-0.4, -0.2) is 28.0 Å². The Morgan fingerprint density at radius 3 is 2.45 bits per heavy atom. The molecule has 0 aliphatic carbocycles. The molecule has 0 aliphatic heterocycles. The average Bonchev–Trinajstić information content (AvgIpc) is 3.49. The van der Waals surface area contributed by atoms with E-state index in [2.05, 4.69) is 20.9 Å². The number of halogens is 2. The van der Waals surface area contributed by atoms with Crippen molar-refractivity contribution in [3.8, 4) is 0 Å². The number of nitrogens with one attached hydrogen (secondary N) is 4. The minimum atomic E-state index is -0.680. The van der Waals surface area contributed by atoms with Crippen LogP contribution < -0.4 is 16.0 Å². The van der Waals surface area contributed by atoms with Gasteiger partial charge in [-0.05, 0) is 78.5 Å². The summed E-state index contributed by atoms with van der Waals surface area (Å²) in [6.07, 6.45) is 3.62. The summed E-state index contributed by atoms with van der Waals surface area (Å²) in [4.78, 5) is 43.4. The lowest BCUT2D eigenvalue weighted by atomic mass is 10.1. The molecule has 4 N–H and O–H groups in total. The second-order valence-electron chi connectivity index (χ2n) is 9.78. The minimum Gasteiger partial charge on any atom is -0.361 e. The molecule has 7 nitrogen and oxygen atoms in total. The van der Waals surface area contributed by atoms with Crippen molar-refractivity contribution in [1.82, 2.24) is 10.3 Å². The molecule has 1 heterocycles. The van der Waals surface area contributed by atoms with Gasteiger partial charge in [0.1, 0.15) is 11.5 Å². The van der Waals surface area contributed by atoms with Gasteiger partial charge in [-0.15, -0.1) is 11.8 Å². The highest BCUT2D eigenvalue weighted by atomic mass is 35.5. The molecule has 4 aromatic carbocycles. The maximum absolute atomic E-state index is 14.6. The first kappa shape index (κ1) is 30.6. The summed E-state index contributed by atoms with van der Waals surface area (Å²) in [6.45, 7) is 1.93. The van der Waals surface area contributed by atoms with Crippen LogP contribution in [0.2, 0.25) is 5.02 Å². The molecule has 1 unspecified atom stereocenters. The number of rotatable bonds is 10. The molecule has 1 aromatic heterocycles. The van der Waals surface area contributed by atoms with E-state index in [-0.39, 0.29) is 22.2 Å². The molecule has 0 saturated carbocycles. The van der Waals surface area contributed by atoms with Crippen LogP contribution in [-0.2, 0) is 9.59 Å². The van der Waals surface area contributed by atoms with E-state index >= 15 is 0 Å². The minimum absolute atomic E-state index is 0.0378.